The van der Waals surface area contributed by atoms with Crippen molar-refractivity contribution in [1.29, 1.82) is 0 Å². The Morgan fingerprint density at radius 1 is 1.21 bits per heavy atom. The lowest BCUT2D eigenvalue weighted by molar-refractivity contribution is 0.970. The summed E-state index contributed by atoms with van der Waals surface area (Å²) in [6.45, 7) is 3.04. The lowest BCUT2D eigenvalue weighted by atomic mass is 10.3. The molecule has 3 nitrogen and oxygen atoms in total. The Hall–Kier alpha value is -1.01. The second kappa shape index (κ2) is 6.96. The maximum Gasteiger partial charge on any atom is 0.132 e. The maximum atomic E-state index is 6.19. The molecule has 19 heavy (non-hydrogen) atoms. The van der Waals surface area contributed by atoms with E-state index in [0.29, 0.717) is 5.02 Å². The number of nitrogens with one attached hydrogen (secondary N) is 2. The monoisotopic (exact) mass is 387 g/mol. The molecule has 5 heteroatoms. The molecule has 0 aliphatic rings. The van der Waals surface area contributed by atoms with Gasteiger partial charge in [0.25, 0.3) is 0 Å². The summed E-state index contributed by atoms with van der Waals surface area (Å²) in [4.78, 5) is 4.49. The number of hydrogen-bond acceptors (Lipinski definition) is 3. The molecule has 0 atom stereocenters. The standard InChI is InChI=1S/C14H15ClIN3/c1-2-8-17-13-4-3-5-14(19-13)18-12-7-6-10(16)9-11(12)15/h3-7,9H,2,8H2,1H3,(H2,17,18,19). The SMILES string of the molecule is CCCNc1cccc(Nc2ccc(I)cc2Cl)n1. The Morgan fingerprint density at radius 2 is 2.00 bits per heavy atom. The second-order valence-corrected chi connectivity index (χ2v) is 5.74. The molecule has 1 aromatic carbocycles. The first-order valence-corrected chi connectivity index (χ1v) is 7.57. The topological polar surface area (TPSA) is 37.0 Å². The zero-order valence-corrected chi connectivity index (χ0v) is 13.5. The molecular formula is C14H15ClIN3. The van der Waals surface area contributed by atoms with Crippen LogP contribution in [0.4, 0.5) is 17.3 Å². The van der Waals surface area contributed by atoms with Crippen molar-refractivity contribution in [1.82, 2.24) is 4.98 Å². The van der Waals surface area contributed by atoms with Crippen molar-refractivity contribution < 1.29 is 0 Å². The predicted octanol–water partition coefficient (Wildman–Crippen LogP) is 4.91. The van der Waals surface area contributed by atoms with Gasteiger partial charge in [0.15, 0.2) is 0 Å². The van der Waals surface area contributed by atoms with E-state index in [-0.39, 0.29) is 0 Å². The number of anilines is 3. The lowest BCUT2D eigenvalue weighted by Gasteiger charge is -2.10. The fourth-order valence-electron chi connectivity index (χ4n) is 1.58. The van der Waals surface area contributed by atoms with Crippen LogP contribution in [0.1, 0.15) is 13.3 Å². The molecule has 0 amide bonds. The largest absolute Gasteiger partial charge is 0.370 e. The Balaban J connectivity index is 2.14. The summed E-state index contributed by atoms with van der Waals surface area (Å²) in [5, 5.41) is 7.18. The van der Waals surface area contributed by atoms with Crippen LogP contribution in [0.15, 0.2) is 36.4 Å². The van der Waals surface area contributed by atoms with Gasteiger partial charge in [-0.1, -0.05) is 24.6 Å². The molecule has 0 bridgehead atoms. The molecule has 0 spiro atoms. The minimum Gasteiger partial charge on any atom is -0.370 e. The number of nitrogens with zero attached hydrogens (tertiary/aromatic N) is 1. The number of halogens is 2. The summed E-state index contributed by atoms with van der Waals surface area (Å²) in [6.07, 6.45) is 1.07. The normalized spacial score (nSPS) is 10.3. The molecule has 2 rings (SSSR count). The van der Waals surface area contributed by atoms with Crippen LogP contribution in [0.2, 0.25) is 5.02 Å². The lowest BCUT2D eigenvalue weighted by Crippen LogP contribution is -2.03. The molecule has 0 aliphatic carbocycles. The number of hydrogen-bond donors (Lipinski definition) is 2. The molecule has 2 aromatic rings. The van der Waals surface area contributed by atoms with Crippen LogP contribution in [0.5, 0.6) is 0 Å². The summed E-state index contributed by atoms with van der Waals surface area (Å²) < 4.78 is 1.11. The highest BCUT2D eigenvalue weighted by atomic mass is 127. The zero-order chi connectivity index (χ0) is 13.7. The molecule has 0 radical (unpaired) electrons. The first-order chi connectivity index (χ1) is 9.19. The van der Waals surface area contributed by atoms with Gasteiger partial charge in [0.1, 0.15) is 11.6 Å². The van der Waals surface area contributed by atoms with Gasteiger partial charge in [-0.25, -0.2) is 4.98 Å². The second-order valence-electron chi connectivity index (χ2n) is 4.08. The van der Waals surface area contributed by atoms with Crippen molar-refractivity contribution in [3.8, 4) is 0 Å². The van der Waals surface area contributed by atoms with Gasteiger partial charge in [0, 0.05) is 10.1 Å². The van der Waals surface area contributed by atoms with Crippen LogP contribution in [-0.2, 0) is 0 Å². The van der Waals surface area contributed by atoms with E-state index >= 15 is 0 Å². The third-order valence-corrected chi connectivity index (χ3v) is 3.48. The molecule has 0 saturated heterocycles. The molecule has 100 valence electrons. The van der Waals surface area contributed by atoms with Crippen molar-refractivity contribution in [2.75, 3.05) is 17.2 Å². The van der Waals surface area contributed by atoms with E-state index in [1.165, 1.54) is 0 Å². The number of benzene rings is 1. The van der Waals surface area contributed by atoms with E-state index in [1.807, 2.05) is 36.4 Å². The molecule has 1 heterocycles. The highest BCUT2D eigenvalue weighted by Crippen LogP contribution is 2.26. The van der Waals surface area contributed by atoms with E-state index in [4.69, 9.17) is 11.6 Å². The fraction of sp³-hybridized carbons (Fsp3) is 0.214. The van der Waals surface area contributed by atoms with E-state index < -0.39 is 0 Å². The number of rotatable bonds is 5. The van der Waals surface area contributed by atoms with Gasteiger partial charge in [-0.3, -0.25) is 0 Å². The van der Waals surface area contributed by atoms with E-state index in [2.05, 4.69) is 45.1 Å². The van der Waals surface area contributed by atoms with E-state index in [1.54, 1.807) is 0 Å². The van der Waals surface area contributed by atoms with Crippen LogP contribution in [0.25, 0.3) is 0 Å². The Bertz CT molecular complexity index is 560. The van der Waals surface area contributed by atoms with Crippen LogP contribution >= 0.6 is 34.2 Å². The Kier molecular flexibility index (Phi) is 5.27. The Morgan fingerprint density at radius 3 is 2.74 bits per heavy atom. The molecule has 0 fully saturated rings. The van der Waals surface area contributed by atoms with Crippen LogP contribution < -0.4 is 10.6 Å². The summed E-state index contributed by atoms with van der Waals surface area (Å²) in [6, 6.07) is 11.7. The molecule has 0 saturated carbocycles. The molecular weight excluding hydrogens is 373 g/mol. The summed E-state index contributed by atoms with van der Waals surface area (Å²) in [5.74, 6) is 1.65. The van der Waals surface area contributed by atoms with E-state index in [0.717, 1.165) is 33.9 Å². The van der Waals surface area contributed by atoms with Gasteiger partial charge in [-0.15, -0.1) is 0 Å². The first kappa shape index (κ1) is 14.4. The molecule has 0 aliphatic heterocycles. The van der Waals surface area contributed by atoms with Gasteiger partial charge in [0.2, 0.25) is 0 Å². The highest BCUT2D eigenvalue weighted by molar-refractivity contribution is 14.1. The minimum atomic E-state index is 0.695. The van der Waals surface area contributed by atoms with Crippen LogP contribution in [0.3, 0.4) is 0 Å². The number of pyridine rings is 1. The van der Waals surface area contributed by atoms with Crippen LogP contribution in [-0.4, -0.2) is 11.5 Å². The highest BCUT2D eigenvalue weighted by Gasteiger charge is 2.03. The summed E-state index contributed by atoms with van der Waals surface area (Å²) in [7, 11) is 0. The van der Waals surface area contributed by atoms with E-state index in [9.17, 15) is 0 Å². The zero-order valence-electron chi connectivity index (χ0n) is 10.6. The smallest absolute Gasteiger partial charge is 0.132 e. The predicted molar refractivity (Wildman–Crippen MR) is 90.5 cm³/mol. The van der Waals surface area contributed by atoms with Gasteiger partial charge in [0.05, 0.1) is 10.7 Å². The summed E-state index contributed by atoms with van der Waals surface area (Å²) >= 11 is 8.43. The van der Waals surface area contributed by atoms with Crippen molar-refractivity contribution in [3.05, 3.63) is 45.0 Å². The minimum absolute atomic E-state index is 0.695. The van der Waals surface area contributed by atoms with Gasteiger partial charge in [-0.05, 0) is 59.3 Å². The van der Waals surface area contributed by atoms with Crippen molar-refractivity contribution in [3.63, 3.8) is 0 Å². The van der Waals surface area contributed by atoms with Crippen molar-refractivity contribution in [2.24, 2.45) is 0 Å². The number of aromatic nitrogens is 1. The maximum absolute atomic E-state index is 6.19. The first-order valence-electron chi connectivity index (χ1n) is 6.12. The Labute approximate surface area is 131 Å². The average molecular weight is 388 g/mol. The van der Waals surface area contributed by atoms with Crippen molar-refractivity contribution >= 4 is 51.5 Å². The van der Waals surface area contributed by atoms with Crippen LogP contribution in [0, 0.1) is 3.57 Å². The van der Waals surface area contributed by atoms with Gasteiger partial charge < -0.3 is 10.6 Å². The van der Waals surface area contributed by atoms with Gasteiger partial charge >= 0.3 is 0 Å². The third-order valence-electron chi connectivity index (χ3n) is 2.50. The quantitative estimate of drug-likeness (QED) is 0.716. The average Bonchev–Trinajstić information content (AvgIpc) is 2.40. The van der Waals surface area contributed by atoms with Crippen molar-refractivity contribution in [2.45, 2.75) is 13.3 Å². The summed E-state index contributed by atoms with van der Waals surface area (Å²) in [5.41, 5.74) is 0.863. The fourth-order valence-corrected chi connectivity index (χ4v) is 2.49. The molecule has 0 unspecified atom stereocenters. The molecule has 2 N–H and O–H groups in total. The third kappa shape index (κ3) is 4.24. The van der Waals surface area contributed by atoms with Gasteiger partial charge in [-0.2, -0.15) is 0 Å². The molecule has 1 aromatic heterocycles.